The molecule has 16 heavy (non-hydrogen) atoms. The summed E-state index contributed by atoms with van der Waals surface area (Å²) in [6.07, 6.45) is 0. The van der Waals surface area contributed by atoms with E-state index in [0.717, 1.165) is 0 Å². The fourth-order valence-corrected chi connectivity index (χ4v) is 3.23. The highest BCUT2D eigenvalue weighted by molar-refractivity contribution is 7.91. The van der Waals surface area contributed by atoms with Crippen LogP contribution in [-0.4, -0.2) is 14.2 Å². The van der Waals surface area contributed by atoms with Crippen LogP contribution in [0.3, 0.4) is 0 Å². The Morgan fingerprint density at radius 1 is 1.12 bits per heavy atom. The summed E-state index contributed by atoms with van der Waals surface area (Å²) in [5.74, 6) is 0.346. The highest BCUT2D eigenvalue weighted by Crippen LogP contribution is 2.28. The molecular weight excluding hydrogens is 220 g/mol. The zero-order valence-electron chi connectivity index (χ0n) is 10.4. The largest absolute Gasteiger partial charge is 0.224 e. The minimum atomic E-state index is -3.14. The van der Waals surface area contributed by atoms with Crippen LogP contribution in [0.2, 0.25) is 0 Å². The summed E-state index contributed by atoms with van der Waals surface area (Å²) >= 11 is 0. The van der Waals surface area contributed by atoms with Gasteiger partial charge in [0.1, 0.15) is 0 Å². The van der Waals surface area contributed by atoms with Crippen LogP contribution in [0.4, 0.5) is 0 Å². The summed E-state index contributed by atoms with van der Waals surface area (Å²) in [6, 6.07) is 8.66. The molecule has 0 fully saturated rings. The second-order valence-electron chi connectivity index (χ2n) is 5.36. The van der Waals surface area contributed by atoms with Crippen molar-refractivity contribution >= 4 is 9.84 Å². The van der Waals surface area contributed by atoms with Gasteiger partial charge < -0.3 is 0 Å². The van der Waals surface area contributed by atoms with Crippen LogP contribution < -0.4 is 0 Å². The first-order chi connectivity index (χ1) is 7.23. The van der Waals surface area contributed by atoms with Gasteiger partial charge in [0.15, 0.2) is 9.84 Å². The van der Waals surface area contributed by atoms with E-state index < -0.39 is 9.84 Å². The topological polar surface area (TPSA) is 34.1 Å². The molecule has 1 rings (SSSR count). The van der Waals surface area contributed by atoms with E-state index in [4.69, 9.17) is 0 Å². The molecule has 1 atom stereocenters. The minimum absolute atomic E-state index is 0.0157. The molecule has 0 aliphatic heterocycles. The van der Waals surface area contributed by atoms with Crippen LogP contribution in [0.15, 0.2) is 35.2 Å². The molecule has 0 heterocycles. The predicted molar refractivity (Wildman–Crippen MR) is 67.1 cm³/mol. The van der Waals surface area contributed by atoms with E-state index in [2.05, 4.69) is 20.8 Å². The molecule has 0 bridgehead atoms. The van der Waals surface area contributed by atoms with Gasteiger partial charge in [-0.05, 0) is 23.5 Å². The Balaban J connectivity index is 2.90. The van der Waals surface area contributed by atoms with Crippen LogP contribution in [0, 0.1) is 11.3 Å². The van der Waals surface area contributed by atoms with Crippen molar-refractivity contribution in [3.63, 3.8) is 0 Å². The van der Waals surface area contributed by atoms with Gasteiger partial charge in [-0.1, -0.05) is 45.9 Å². The van der Waals surface area contributed by atoms with Gasteiger partial charge >= 0.3 is 0 Å². The summed E-state index contributed by atoms with van der Waals surface area (Å²) < 4.78 is 24.2. The van der Waals surface area contributed by atoms with Crippen molar-refractivity contribution in [3.8, 4) is 0 Å². The zero-order chi connectivity index (χ0) is 12.4. The number of rotatable bonds is 3. The average Bonchev–Trinajstić information content (AvgIpc) is 2.17. The number of sulfone groups is 1. The molecule has 0 saturated heterocycles. The second-order valence-corrected chi connectivity index (χ2v) is 7.40. The molecule has 3 heteroatoms. The van der Waals surface area contributed by atoms with E-state index in [-0.39, 0.29) is 17.1 Å². The SMILES string of the molecule is C[C@@H](CS(=O)(=O)c1ccccc1)C(C)(C)C. The van der Waals surface area contributed by atoms with Gasteiger partial charge in [0.05, 0.1) is 10.6 Å². The third-order valence-electron chi connectivity index (χ3n) is 3.05. The van der Waals surface area contributed by atoms with Gasteiger partial charge in [-0.2, -0.15) is 0 Å². The molecule has 90 valence electrons. The average molecular weight is 240 g/mol. The van der Waals surface area contributed by atoms with Crippen LogP contribution in [0.5, 0.6) is 0 Å². The first-order valence-electron chi connectivity index (χ1n) is 5.51. The second kappa shape index (κ2) is 4.58. The van der Waals surface area contributed by atoms with E-state index in [1.54, 1.807) is 24.3 Å². The Morgan fingerprint density at radius 3 is 2.06 bits per heavy atom. The quantitative estimate of drug-likeness (QED) is 0.813. The molecule has 1 aromatic rings. The normalized spacial score (nSPS) is 14.8. The maximum atomic E-state index is 12.1. The Morgan fingerprint density at radius 2 is 1.62 bits per heavy atom. The molecule has 0 amide bonds. The third-order valence-corrected chi connectivity index (χ3v) is 4.98. The Bertz CT molecular complexity index is 427. The van der Waals surface area contributed by atoms with Crippen molar-refractivity contribution < 1.29 is 8.42 Å². The molecule has 0 unspecified atom stereocenters. The molecule has 0 radical (unpaired) electrons. The van der Waals surface area contributed by atoms with Crippen LogP contribution >= 0.6 is 0 Å². The smallest absolute Gasteiger partial charge is 0.178 e. The summed E-state index contributed by atoms with van der Waals surface area (Å²) in [5.41, 5.74) is 0.0157. The molecule has 0 aliphatic carbocycles. The number of hydrogen-bond donors (Lipinski definition) is 0. The Labute approximate surface area is 98.6 Å². The lowest BCUT2D eigenvalue weighted by Crippen LogP contribution is -2.25. The highest BCUT2D eigenvalue weighted by Gasteiger charge is 2.26. The van der Waals surface area contributed by atoms with Crippen LogP contribution in [-0.2, 0) is 9.84 Å². The zero-order valence-corrected chi connectivity index (χ0v) is 11.2. The lowest BCUT2D eigenvalue weighted by atomic mass is 9.83. The van der Waals surface area contributed by atoms with E-state index in [0.29, 0.717) is 4.90 Å². The van der Waals surface area contributed by atoms with E-state index in [1.165, 1.54) is 0 Å². The summed E-state index contributed by atoms with van der Waals surface area (Å²) in [7, 11) is -3.14. The molecule has 1 aromatic carbocycles. The maximum absolute atomic E-state index is 12.1. The van der Waals surface area contributed by atoms with Gasteiger partial charge in [0.25, 0.3) is 0 Å². The molecular formula is C13H20O2S. The van der Waals surface area contributed by atoms with Crippen LogP contribution in [0.25, 0.3) is 0 Å². The number of hydrogen-bond acceptors (Lipinski definition) is 2. The summed E-state index contributed by atoms with van der Waals surface area (Å²) in [6.45, 7) is 8.19. The maximum Gasteiger partial charge on any atom is 0.178 e. The summed E-state index contributed by atoms with van der Waals surface area (Å²) in [4.78, 5) is 0.422. The molecule has 0 N–H and O–H groups in total. The molecule has 0 aliphatic rings. The lowest BCUT2D eigenvalue weighted by Gasteiger charge is -2.26. The van der Waals surface area contributed by atoms with Crippen molar-refractivity contribution in [2.75, 3.05) is 5.75 Å². The Hall–Kier alpha value is -0.830. The van der Waals surface area contributed by atoms with Crippen LogP contribution in [0.1, 0.15) is 27.7 Å². The van der Waals surface area contributed by atoms with Crippen molar-refractivity contribution in [2.45, 2.75) is 32.6 Å². The van der Waals surface area contributed by atoms with Crippen molar-refractivity contribution in [2.24, 2.45) is 11.3 Å². The van der Waals surface area contributed by atoms with E-state index in [9.17, 15) is 8.42 Å². The standard InChI is InChI=1S/C13H20O2S/c1-11(13(2,3)4)10-16(14,15)12-8-6-5-7-9-12/h5-9,11H,10H2,1-4H3/t11-/m0/s1. The Kier molecular flexibility index (Phi) is 3.79. The van der Waals surface area contributed by atoms with Gasteiger partial charge in [0.2, 0.25) is 0 Å². The van der Waals surface area contributed by atoms with E-state index >= 15 is 0 Å². The fraction of sp³-hybridized carbons (Fsp3) is 0.538. The first kappa shape index (κ1) is 13.2. The van der Waals surface area contributed by atoms with Gasteiger partial charge in [-0.25, -0.2) is 8.42 Å². The highest BCUT2D eigenvalue weighted by atomic mass is 32.2. The predicted octanol–water partition coefficient (Wildman–Crippen LogP) is 3.14. The first-order valence-corrected chi connectivity index (χ1v) is 7.16. The lowest BCUT2D eigenvalue weighted by molar-refractivity contribution is 0.285. The summed E-state index contributed by atoms with van der Waals surface area (Å²) in [5, 5.41) is 0. The third kappa shape index (κ3) is 3.34. The van der Waals surface area contributed by atoms with Crippen molar-refractivity contribution in [3.05, 3.63) is 30.3 Å². The van der Waals surface area contributed by atoms with Crippen molar-refractivity contribution in [1.29, 1.82) is 0 Å². The van der Waals surface area contributed by atoms with Gasteiger partial charge in [0, 0.05) is 0 Å². The number of benzene rings is 1. The molecule has 2 nitrogen and oxygen atoms in total. The van der Waals surface area contributed by atoms with Gasteiger partial charge in [-0.15, -0.1) is 0 Å². The van der Waals surface area contributed by atoms with Gasteiger partial charge in [-0.3, -0.25) is 0 Å². The van der Waals surface area contributed by atoms with E-state index in [1.807, 2.05) is 13.0 Å². The van der Waals surface area contributed by atoms with Crippen molar-refractivity contribution in [1.82, 2.24) is 0 Å². The molecule has 0 spiro atoms. The fourth-order valence-electron chi connectivity index (χ4n) is 1.30. The minimum Gasteiger partial charge on any atom is -0.224 e. The molecule has 0 aromatic heterocycles. The monoisotopic (exact) mass is 240 g/mol. The molecule has 0 saturated carbocycles.